The summed E-state index contributed by atoms with van der Waals surface area (Å²) >= 11 is 3.36. The summed E-state index contributed by atoms with van der Waals surface area (Å²) in [5.74, 6) is -0.387. The molecule has 156 valence electrons. The molecule has 1 N–H and O–H groups in total. The van der Waals surface area contributed by atoms with Gasteiger partial charge in [-0.3, -0.25) is 14.9 Å². The molecule has 0 unspecified atom stereocenters. The molecule has 0 spiro atoms. The Bertz CT molecular complexity index is 1050. The Labute approximate surface area is 182 Å². The van der Waals surface area contributed by atoms with Gasteiger partial charge in [0.25, 0.3) is 11.8 Å². The van der Waals surface area contributed by atoms with Gasteiger partial charge in [0.1, 0.15) is 5.57 Å². The molecule has 1 aliphatic heterocycles. The highest BCUT2D eigenvalue weighted by Crippen LogP contribution is 2.31. The topological polar surface area (TPSA) is 84.9 Å². The molecule has 1 fully saturated rings. The molecule has 2 aromatic rings. The summed E-state index contributed by atoms with van der Waals surface area (Å²) in [5.41, 5.74) is 1.53. The van der Waals surface area contributed by atoms with E-state index in [-0.39, 0.29) is 5.57 Å². The van der Waals surface area contributed by atoms with Crippen molar-refractivity contribution in [3.8, 4) is 11.5 Å². The summed E-state index contributed by atoms with van der Waals surface area (Å²) in [6.07, 6.45) is 2.28. The van der Waals surface area contributed by atoms with Gasteiger partial charge in [-0.05, 0) is 60.9 Å². The van der Waals surface area contributed by atoms with E-state index in [0.717, 1.165) is 15.8 Å². The van der Waals surface area contributed by atoms with Crippen molar-refractivity contribution in [3.63, 3.8) is 0 Å². The predicted octanol–water partition coefficient (Wildman–Crippen LogP) is 4.22. The minimum Gasteiger partial charge on any atom is -0.493 e. The highest BCUT2D eigenvalue weighted by atomic mass is 79.9. The van der Waals surface area contributed by atoms with Crippen LogP contribution in [0.15, 0.2) is 46.4 Å². The molecule has 0 aliphatic carbocycles. The lowest BCUT2D eigenvalue weighted by molar-refractivity contribution is -0.122. The lowest BCUT2D eigenvalue weighted by Gasteiger charge is -2.27. The van der Waals surface area contributed by atoms with E-state index in [1.165, 1.54) is 13.2 Å². The fourth-order valence-corrected chi connectivity index (χ4v) is 3.49. The van der Waals surface area contributed by atoms with Crippen molar-refractivity contribution in [3.05, 3.63) is 57.6 Å². The smallest absolute Gasteiger partial charge is 0.335 e. The van der Waals surface area contributed by atoms with Crippen molar-refractivity contribution >= 4 is 45.5 Å². The van der Waals surface area contributed by atoms with Crippen LogP contribution in [0.5, 0.6) is 11.5 Å². The number of carbonyl (C=O) groups is 3. The fraction of sp³-hybridized carbons (Fsp3) is 0.227. The number of urea groups is 1. The second-order valence-corrected chi connectivity index (χ2v) is 7.56. The van der Waals surface area contributed by atoms with Gasteiger partial charge in [-0.1, -0.05) is 28.9 Å². The average Bonchev–Trinajstić information content (AvgIpc) is 2.71. The number of halogens is 1. The third-order valence-electron chi connectivity index (χ3n) is 4.46. The Morgan fingerprint density at radius 2 is 1.87 bits per heavy atom. The molecule has 0 radical (unpaired) electrons. The first-order chi connectivity index (χ1) is 14.3. The highest BCUT2D eigenvalue weighted by Gasteiger charge is 2.37. The number of rotatable bonds is 6. The van der Waals surface area contributed by atoms with Crippen LogP contribution in [0.4, 0.5) is 10.5 Å². The number of barbiturate groups is 1. The van der Waals surface area contributed by atoms with Gasteiger partial charge in [-0.15, -0.1) is 0 Å². The van der Waals surface area contributed by atoms with Crippen LogP contribution in [0.25, 0.3) is 6.08 Å². The normalized spacial score (nSPS) is 15.4. The van der Waals surface area contributed by atoms with Gasteiger partial charge < -0.3 is 9.47 Å². The van der Waals surface area contributed by atoms with Crippen LogP contribution >= 0.6 is 15.9 Å². The monoisotopic (exact) mass is 472 g/mol. The number of hydrogen-bond acceptors (Lipinski definition) is 5. The number of nitrogens with zero attached hydrogens (tertiary/aromatic N) is 1. The van der Waals surface area contributed by atoms with Crippen molar-refractivity contribution in [2.75, 3.05) is 18.6 Å². The molecular weight excluding hydrogens is 452 g/mol. The fourth-order valence-electron chi connectivity index (χ4n) is 3.02. The molecule has 0 bridgehead atoms. The molecule has 8 heteroatoms. The van der Waals surface area contributed by atoms with Gasteiger partial charge in [0, 0.05) is 4.47 Å². The van der Waals surface area contributed by atoms with Gasteiger partial charge in [0.2, 0.25) is 0 Å². The number of amides is 4. The lowest BCUT2D eigenvalue weighted by Crippen LogP contribution is -2.54. The number of imide groups is 2. The molecule has 0 saturated carbocycles. The van der Waals surface area contributed by atoms with Crippen LogP contribution in [0, 0.1) is 6.92 Å². The largest absolute Gasteiger partial charge is 0.493 e. The summed E-state index contributed by atoms with van der Waals surface area (Å²) < 4.78 is 11.8. The summed E-state index contributed by atoms with van der Waals surface area (Å²) in [4.78, 5) is 38.8. The maximum absolute atomic E-state index is 13.1. The SMILES string of the molecule is CCCOc1ccc(/C=C2\C(=O)NC(=O)N(c3ccc(Br)cc3C)C2=O)cc1OC. The minimum absolute atomic E-state index is 0.152. The molecule has 2 aromatic carbocycles. The van der Waals surface area contributed by atoms with Crippen LogP contribution in [-0.2, 0) is 9.59 Å². The number of nitrogens with one attached hydrogen (secondary N) is 1. The van der Waals surface area contributed by atoms with Crippen LogP contribution in [0.3, 0.4) is 0 Å². The first-order valence-electron chi connectivity index (χ1n) is 9.34. The second kappa shape index (κ2) is 9.13. The number of methoxy groups -OCH3 is 1. The molecule has 7 nitrogen and oxygen atoms in total. The third-order valence-corrected chi connectivity index (χ3v) is 4.96. The van der Waals surface area contributed by atoms with E-state index in [4.69, 9.17) is 9.47 Å². The molecule has 0 aromatic heterocycles. The molecule has 0 atom stereocenters. The molecule has 1 saturated heterocycles. The lowest BCUT2D eigenvalue weighted by atomic mass is 10.1. The van der Waals surface area contributed by atoms with E-state index in [1.807, 2.05) is 6.92 Å². The number of aryl methyl sites for hydroxylation is 1. The zero-order chi connectivity index (χ0) is 21.8. The Hall–Kier alpha value is -3.13. The van der Waals surface area contributed by atoms with E-state index in [0.29, 0.717) is 34.9 Å². The summed E-state index contributed by atoms with van der Waals surface area (Å²) in [6.45, 7) is 4.32. The number of ether oxygens (including phenoxy) is 2. The Balaban J connectivity index is 1.98. The van der Waals surface area contributed by atoms with Crippen LogP contribution in [-0.4, -0.2) is 31.6 Å². The first-order valence-corrected chi connectivity index (χ1v) is 10.1. The summed E-state index contributed by atoms with van der Waals surface area (Å²) in [5, 5.41) is 2.23. The molecule has 1 aliphatic rings. The molecule has 30 heavy (non-hydrogen) atoms. The van der Waals surface area contributed by atoms with Gasteiger partial charge in [-0.25, -0.2) is 9.69 Å². The van der Waals surface area contributed by atoms with Crippen molar-refractivity contribution in [2.45, 2.75) is 20.3 Å². The van der Waals surface area contributed by atoms with Crippen molar-refractivity contribution in [1.82, 2.24) is 5.32 Å². The van der Waals surface area contributed by atoms with Crippen LogP contribution in [0.2, 0.25) is 0 Å². The van der Waals surface area contributed by atoms with Crippen LogP contribution in [0.1, 0.15) is 24.5 Å². The van der Waals surface area contributed by atoms with Gasteiger partial charge >= 0.3 is 6.03 Å². The van der Waals surface area contributed by atoms with E-state index in [2.05, 4.69) is 21.2 Å². The number of carbonyl (C=O) groups excluding carboxylic acids is 3. The van der Waals surface area contributed by atoms with Crippen molar-refractivity contribution in [2.24, 2.45) is 0 Å². The molecule has 3 rings (SSSR count). The zero-order valence-electron chi connectivity index (χ0n) is 16.8. The Kier molecular flexibility index (Phi) is 6.56. The second-order valence-electron chi connectivity index (χ2n) is 6.65. The predicted molar refractivity (Wildman–Crippen MR) is 117 cm³/mol. The Morgan fingerprint density at radius 3 is 2.53 bits per heavy atom. The van der Waals surface area contributed by atoms with Crippen LogP contribution < -0.4 is 19.7 Å². The van der Waals surface area contributed by atoms with Gasteiger partial charge in [0.15, 0.2) is 11.5 Å². The van der Waals surface area contributed by atoms with E-state index < -0.39 is 17.8 Å². The highest BCUT2D eigenvalue weighted by molar-refractivity contribution is 9.10. The maximum atomic E-state index is 13.1. The summed E-state index contributed by atoms with van der Waals surface area (Å²) in [7, 11) is 1.51. The average molecular weight is 473 g/mol. The standard InChI is InChI=1S/C22H21BrN2O5/c1-4-9-30-18-8-5-14(12-19(18)29-3)11-16-20(26)24-22(28)25(21(16)27)17-7-6-15(23)10-13(17)2/h5-8,10-12H,4,9H2,1-3H3,(H,24,26,28)/b16-11+. The Morgan fingerprint density at radius 1 is 1.10 bits per heavy atom. The number of benzene rings is 2. The number of anilines is 1. The van der Waals surface area contributed by atoms with E-state index >= 15 is 0 Å². The quantitative estimate of drug-likeness (QED) is 0.502. The van der Waals surface area contributed by atoms with Crippen molar-refractivity contribution in [1.29, 1.82) is 0 Å². The third kappa shape index (κ3) is 4.38. The van der Waals surface area contributed by atoms with Gasteiger partial charge in [-0.2, -0.15) is 0 Å². The number of hydrogen-bond donors (Lipinski definition) is 1. The maximum Gasteiger partial charge on any atom is 0.335 e. The van der Waals surface area contributed by atoms with E-state index in [1.54, 1.807) is 43.3 Å². The minimum atomic E-state index is -0.784. The molecule has 4 amide bonds. The zero-order valence-corrected chi connectivity index (χ0v) is 18.4. The molecule has 1 heterocycles. The molecular formula is C22H21BrN2O5. The van der Waals surface area contributed by atoms with Gasteiger partial charge in [0.05, 0.1) is 19.4 Å². The van der Waals surface area contributed by atoms with E-state index in [9.17, 15) is 14.4 Å². The van der Waals surface area contributed by atoms with Crippen molar-refractivity contribution < 1.29 is 23.9 Å². The first kappa shape index (κ1) is 21.6. The summed E-state index contributed by atoms with van der Waals surface area (Å²) in [6, 6.07) is 9.48.